The second-order valence-corrected chi connectivity index (χ2v) is 4.74. The fourth-order valence-electron chi connectivity index (χ4n) is 2.29. The molecule has 4 nitrogen and oxygen atoms in total. The number of hydrogen-bond acceptors (Lipinski definition) is 3. The average molecular weight is 269 g/mol. The molecule has 0 bridgehead atoms. The van der Waals surface area contributed by atoms with Gasteiger partial charge in [-0.3, -0.25) is 4.79 Å². The van der Waals surface area contributed by atoms with E-state index in [1.54, 1.807) is 4.90 Å². The number of carbonyl (C=O) groups excluding carboxylic acids is 1. The Bertz CT molecular complexity index is 487. The summed E-state index contributed by atoms with van der Waals surface area (Å²) in [6.45, 7) is 1.45. The molecule has 0 spiro atoms. The van der Waals surface area contributed by atoms with Crippen molar-refractivity contribution in [2.45, 2.75) is 12.8 Å². The quantitative estimate of drug-likeness (QED) is 0.848. The van der Waals surface area contributed by atoms with Crippen LogP contribution in [0.3, 0.4) is 0 Å². The number of anilines is 2. The molecule has 1 aromatic rings. The fraction of sp³-hybridized carbons (Fsp3) is 0.462. The smallest absolute Gasteiger partial charge is 0.242 e. The lowest BCUT2D eigenvalue weighted by atomic mass is 10.2. The molecule has 2 rings (SSSR count). The van der Waals surface area contributed by atoms with Gasteiger partial charge in [0, 0.05) is 20.1 Å². The van der Waals surface area contributed by atoms with Crippen LogP contribution in [0.15, 0.2) is 12.1 Å². The maximum atomic E-state index is 13.7. The van der Waals surface area contributed by atoms with Crippen LogP contribution in [-0.2, 0) is 4.79 Å². The van der Waals surface area contributed by atoms with Gasteiger partial charge >= 0.3 is 0 Å². The number of halogens is 2. The van der Waals surface area contributed by atoms with Crippen molar-refractivity contribution < 1.29 is 13.6 Å². The molecular formula is C13H17F2N3O. The van der Waals surface area contributed by atoms with Crippen molar-refractivity contribution in [3.63, 3.8) is 0 Å². The second-order valence-electron chi connectivity index (χ2n) is 4.74. The number of hydrogen-bond donors (Lipinski definition) is 1. The van der Waals surface area contributed by atoms with Gasteiger partial charge in [-0.05, 0) is 25.0 Å². The van der Waals surface area contributed by atoms with Gasteiger partial charge in [-0.15, -0.1) is 0 Å². The van der Waals surface area contributed by atoms with Crippen molar-refractivity contribution >= 4 is 17.3 Å². The molecule has 0 unspecified atom stereocenters. The van der Waals surface area contributed by atoms with Crippen LogP contribution in [0.4, 0.5) is 20.2 Å². The van der Waals surface area contributed by atoms with Gasteiger partial charge in [-0.1, -0.05) is 0 Å². The highest BCUT2D eigenvalue weighted by Crippen LogP contribution is 2.27. The summed E-state index contributed by atoms with van der Waals surface area (Å²) in [4.78, 5) is 15.0. The molecule has 2 N–H and O–H groups in total. The van der Waals surface area contributed by atoms with E-state index in [0.717, 1.165) is 32.0 Å². The van der Waals surface area contributed by atoms with Crippen LogP contribution in [0.2, 0.25) is 0 Å². The maximum Gasteiger partial charge on any atom is 0.242 e. The molecule has 1 heterocycles. The normalized spacial score (nSPS) is 14.8. The largest absolute Gasteiger partial charge is 0.397 e. The zero-order valence-corrected chi connectivity index (χ0v) is 10.8. The first-order valence-corrected chi connectivity index (χ1v) is 6.23. The van der Waals surface area contributed by atoms with Crippen molar-refractivity contribution in [2.24, 2.45) is 0 Å². The number of likely N-dealkylation sites (N-methyl/N-ethyl adjacent to an activating group) is 1. The van der Waals surface area contributed by atoms with E-state index in [9.17, 15) is 13.6 Å². The Balaban J connectivity index is 2.13. The predicted octanol–water partition coefficient (Wildman–Crippen LogP) is 1.61. The minimum Gasteiger partial charge on any atom is -0.397 e. The van der Waals surface area contributed by atoms with Gasteiger partial charge in [0.15, 0.2) is 11.6 Å². The third kappa shape index (κ3) is 2.77. The number of benzene rings is 1. The topological polar surface area (TPSA) is 49.6 Å². The van der Waals surface area contributed by atoms with Gasteiger partial charge in [0.2, 0.25) is 5.91 Å². The highest BCUT2D eigenvalue weighted by atomic mass is 19.2. The van der Waals surface area contributed by atoms with Gasteiger partial charge in [0.05, 0.1) is 17.9 Å². The molecule has 1 saturated heterocycles. The lowest BCUT2D eigenvalue weighted by molar-refractivity contribution is -0.128. The van der Waals surface area contributed by atoms with E-state index in [4.69, 9.17) is 5.73 Å². The average Bonchev–Trinajstić information content (AvgIpc) is 2.88. The summed E-state index contributed by atoms with van der Waals surface area (Å²) in [6, 6.07) is 2.27. The van der Waals surface area contributed by atoms with E-state index < -0.39 is 11.6 Å². The lowest BCUT2D eigenvalue weighted by Gasteiger charge is -2.24. The first-order chi connectivity index (χ1) is 9.00. The highest BCUT2D eigenvalue weighted by Gasteiger charge is 2.22. The van der Waals surface area contributed by atoms with Crippen LogP contribution >= 0.6 is 0 Å². The number of nitrogens with zero attached hydrogens (tertiary/aromatic N) is 2. The number of carbonyl (C=O) groups is 1. The Hall–Kier alpha value is -1.85. The molecule has 19 heavy (non-hydrogen) atoms. The molecule has 0 aromatic heterocycles. The van der Waals surface area contributed by atoms with Crippen LogP contribution in [0.5, 0.6) is 0 Å². The molecular weight excluding hydrogens is 252 g/mol. The third-order valence-corrected chi connectivity index (χ3v) is 3.31. The first-order valence-electron chi connectivity index (χ1n) is 6.23. The summed E-state index contributed by atoms with van der Waals surface area (Å²) in [5.41, 5.74) is 5.71. The molecule has 1 aliphatic heterocycles. The van der Waals surface area contributed by atoms with Crippen LogP contribution < -0.4 is 10.6 Å². The van der Waals surface area contributed by atoms with Crippen LogP contribution in [0, 0.1) is 11.6 Å². The van der Waals surface area contributed by atoms with E-state index in [2.05, 4.69) is 0 Å². The molecule has 0 atom stereocenters. The van der Waals surface area contributed by atoms with E-state index in [1.807, 2.05) is 0 Å². The highest BCUT2D eigenvalue weighted by molar-refractivity contribution is 5.83. The van der Waals surface area contributed by atoms with E-state index in [-0.39, 0.29) is 23.8 Å². The van der Waals surface area contributed by atoms with Crippen LogP contribution in [0.25, 0.3) is 0 Å². The summed E-state index contributed by atoms with van der Waals surface area (Å²) >= 11 is 0. The molecule has 0 radical (unpaired) electrons. The molecule has 6 heteroatoms. The number of amides is 1. The van der Waals surface area contributed by atoms with E-state index in [0.29, 0.717) is 0 Å². The minimum atomic E-state index is -1.02. The Morgan fingerprint density at radius 2 is 2.00 bits per heavy atom. The molecule has 1 aliphatic rings. The Morgan fingerprint density at radius 3 is 2.63 bits per heavy atom. The number of rotatable bonds is 3. The van der Waals surface area contributed by atoms with Gasteiger partial charge in [-0.2, -0.15) is 0 Å². The standard InChI is InChI=1S/C13H17F2N3O/c1-17(8-11(19)18-6-2-3-7-18)13-10(16)5-4-9(14)12(13)15/h4-5H,2-3,6-8,16H2,1H3. The third-order valence-electron chi connectivity index (χ3n) is 3.31. The van der Waals surface area contributed by atoms with Gasteiger partial charge in [0.1, 0.15) is 0 Å². The summed E-state index contributed by atoms with van der Waals surface area (Å²) in [7, 11) is 1.53. The lowest BCUT2D eigenvalue weighted by Crippen LogP contribution is -2.37. The summed E-state index contributed by atoms with van der Waals surface area (Å²) < 4.78 is 26.9. The second kappa shape index (κ2) is 5.42. The zero-order valence-electron chi connectivity index (χ0n) is 10.8. The van der Waals surface area contributed by atoms with Crippen LogP contribution in [-0.4, -0.2) is 37.5 Å². The van der Waals surface area contributed by atoms with Gasteiger partial charge in [-0.25, -0.2) is 8.78 Å². The molecule has 104 valence electrons. The number of likely N-dealkylation sites (tertiary alicyclic amines) is 1. The monoisotopic (exact) mass is 269 g/mol. The molecule has 0 aliphatic carbocycles. The molecule has 1 fully saturated rings. The first kappa shape index (κ1) is 13.6. The molecule has 0 saturated carbocycles. The van der Waals surface area contributed by atoms with Gasteiger partial charge in [0.25, 0.3) is 0 Å². The predicted molar refractivity (Wildman–Crippen MR) is 69.9 cm³/mol. The van der Waals surface area contributed by atoms with Crippen LogP contribution in [0.1, 0.15) is 12.8 Å². The summed E-state index contributed by atoms with van der Waals surface area (Å²) in [5.74, 6) is -2.08. The summed E-state index contributed by atoms with van der Waals surface area (Å²) in [6.07, 6.45) is 1.98. The Kier molecular flexibility index (Phi) is 3.87. The van der Waals surface area contributed by atoms with Crippen molar-refractivity contribution in [1.29, 1.82) is 0 Å². The Morgan fingerprint density at radius 1 is 1.37 bits per heavy atom. The summed E-state index contributed by atoms with van der Waals surface area (Å²) in [5, 5.41) is 0. The van der Waals surface area contributed by atoms with E-state index in [1.165, 1.54) is 18.0 Å². The van der Waals surface area contributed by atoms with E-state index >= 15 is 0 Å². The maximum absolute atomic E-state index is 13.7. The molecule has 1 amide bonds. The minimum absolute atomic E-state index is 0.00935. The van der Waals surface area contributed by atoms with Crippen molar-refractivity contribution in [3.05, 3.63) is 23.8 Å². The Labute approximate surface area is 110 Å². The fourth-order valence-corrected chi connectivity index (χ4v) is 2.29. The zero-order chi connectivity index (χ0) is 14.0. The number of nitrogens with two attached hydrogens (primary N) is 1. The number of nitrogen functional groups attached to an aromatic ring is 1. The van der Waals surface area contributed by atoms with Crippen molar-refractivity contribution in [2.75, 3.05) is 37.3 Å². The molecule has 1 aromatic carbocycles. The van der Waals surface area contributed by atoms with Gasteiger partial charge < -0.3 is 15.5 Å². The van der Waals surface area contributed by atoms with Crippen molar-refractivity contribution in [3.8, 4) is 0 Å². The van der Waals surface area contributed by atoms with Crippen molar-refractivity contribution in [1.82, 2.24) is 4.90 Å². The SMILES string of the molecule is CN(CC(=O)N1CCCC1)c1c(N)ccc(F)c1F.